The molecule has 0 saturated heterocycles. The Bertz CT molecular complexity index is 559. The molecule has 1 aromatic heterocycles. The van der Waals surface area contributed by atoms with Gasteiger partial charge >= 0.3 is 5.97 Å². The zero-order valence-electron chi connectivity index (χ0n) is 10.3. The fourth-order valence-electron chi connectivity index (χ4n) is 1.60. The summed E-state index contributed by atoms with van der Waals surface area (Å²) in [5.74, 6) is -0.201. The van der Waals surface area contributed by atoms with Gasteiger partial charge in [0.1, 0.15) is 5.75 Å². The third-order valence-electron chi connectivity index (χ3n) is 2.47. The van der Waals surface area contributed by atoms with Gasteiger partial charge in [-0.1, -0.05) is 18.2 Å². The van der Waals surface area contributed by atoms with Crippen molar-refractivity contribution in [3.05, 3.63) is 58.3 Å². The van der Waals surface area contributed by atoms with Gasteiger partial charge in [0.2, 0.25) is 0 Å². The number of carbonyl (C=O) groups is 1. The highest BCUT2D eigenvalue weighted by molar-refractivity contribution is 7.09. The second-order valence-electron chi connectivity index (χ2n) is 3.92. The van der Waals surface area contributed by atoms with Crippen LogP contribution in [0.3, 0.4) is 0 Å². The van der Waals surface area contributed by atoms with E-state index < -0.39 is 5.97 Å². The summed E-state index contributed by atoms with van der Waals surface area (Å²) in [4.78, 5) is 11.7. The quantitative estimate of drug-likeness (QED) is 0.820. The number of hydrogen-bond donors (Lipinski definition) is 1. The first kappa shape index (κ1) is 13.4. The van der Waals surface area contributed by atoms with E-state index >= 15 is 0 Å². The molecule has 4 heteroatoms. The Balaban J connectivity index is 1.90. The molecule has 2 rings (SSSR count). The second kappa shape index (κ2) is 6.75. The van der Waals surface area contributed by atoms with Crippen molar-refractivity contribution in [1.82, 2.24) is 0 Å². The van der Waals surface area contributed by atoms with E-state index in [1.54, 1.807) is 17.4 Å². The van der Waals surface area contributed by atoms with Gasteiger partial charge in [-0.15, -0.1) is 11.3 Å². The number of aliphatic carboxylic acids is 1. The Labute approximate surface area is 115 Å². The molecule has 98 valence electrons. The van der Waals surface area contributed by atoms with Crippen LogP contribution in [0.25, 0.3) is 6.08 Å². The predicted octanol–water partition coefficient (Wildman–Crippen LogP) is 3.47. The average molecular weight is 274 g/mol. The fraction of sp³-hybridized carbons (Fsp3) is 0.133. The summed E-state index contributed by atoms with van der Waals surface area (Å²) in [5.41, 5.74) is 0.816. The SMILES string of the molecule is O=C(O)C=Cc1cccc(OCCc2cccs2)c1. The summed E-state index contributed by atoms with van der Waals surface area (Å²) in [7, 11) is 0. The molecule has 19 heavy (non-hydrogen) atoms. The summed E-state index contributed by atoms with van der Waals surface area (Å²) in [6.45, 7) is 0.618. The van der Waals surface area contributed by atoms with E-state index in [1.165, 1.54) is 4.88 Å². The smallest absolute Gasteiger partial charge is 0.328 e. The molecule has 0 fully saturated rings. The molecule has 0 bridgehead atoms. The van der Waals surface area contributed by atoms with Gasteiger partial charge in [0.25, 0.3) is 0 Å². The van der Waals surface area contributed by atoms with E-state index in [-0.39, 0.29) is 0 Å². The van der Waals surface area contributed by atoms with Crippen molar-refractivity contribution in [1.29, 1.82) is 0 Å². The van der Waals surface area contributed by atoms with Crippen LogP contribution in [-0.2, 0) is 11.2 Å². The molecule has 2 aromatic rings. The van der Waals surface area contributed by atoms with Crippen molar-refractivity contribution >= 4 is 23.4 Å². The normalized spacial score (nSPS) is 10.7. The van der Waals surface area contributed by atoms with Crippen LogP contribution in [0.2, 0.25) is 0 Å². The Morgan fingerprint density at radius 2 is 2.21 bits per heavy atom. The van der Waals surface area contributed by atoms with E-state index in [9.17, 15) is 4.79 Å². The average Bonchev–Trinajstić information content (AvgIpc) is 2.90. The maximum absolute atomic E-state index is 10.4. The summed E-state index contributed by atoms with van der Waals surface area (Å²) in [6, 6.07) is 11.5. The van der Waals surface area contributed by atoms with E-state index in [4.69, 9.17) is 9.84 Å². The van der Waals surface area contributed by atoms with Crippen LogP contribution in [0.5, 0.6) is 5.75 Å². The molecular weight excluding hydrogens is 260 g/mol. The maximum atomic E-state index is 10.4. The summed E-state index contributed by atoms with van der Waals surface area (Å²) in [5, 5.41) is 10.6. The Kier molecular flexibility index (Phi) is 4.75. The lowest BCUT2D eigenvalue weighted by molar-refractivity contribution is -0.131. The lowest BCUT2D eigenvalue weighted by Gasteiger charge is -2.05. The van der Waals surface area contributed by atoms with Gasteiger partial charge in [-0.2, -0.15) is 0 Å². The highest BCUT2D eigenvalue weighted by atomic mass is 32.1. The van der Waals surface area contributed by atoms with Crippen molar-refractivity contribution in [2.45, 2.75) is 6.42 Å². The molecule has 1 heterocycles. The lowest BCUT2D eigenvalue weighted by atomic mass is 10.2. The van der Waals surface area contributed by atoms with Gasteiger partial charge in [0.05, 0.1) is 6.61 Å². The number of carboxylic acids is 1. The molecule has 0 aliphatic carbocycles. The summed E-state index contributed by atoms with van der Waals surface area (Å²) in [6.07, 6.45) is 3.55. The number of carboxylic acid groups (broad SMARTS) is 1. The summed E-state index contributed by atoms with van der Waals surface area (Å²) < 4.78 is 5.65. The second-order valence-corrected chi connectivity index (χ2v) is 4.95. The molecular formula is C15H14O3S. The van der Waals surface area contributed by atoms with Crippen molar-refractivity contribution < 1.29 is 14.6 Å². The minimum Gasteiger partial charge on any atom is -0.493 e. The number of hydrogen-bond acceptors (Lipinski definition) is 3. The minimum atomic E-state index is -0.955. The van der Waals surface area contributed by atoms with Gasteiger partial charge in [-0.25, -0.2) is 4.79 Å². The highest BCUT2D eigenvalue weighted by Gasteiger charge is 1.97. The zero-order chi connectivity index (χ0) is 13.5. The fourth-order valence-corrected chi connectivity index (χ4v) is 2.29. The topological polar surface area (TPSA) is 46.5 Å². The first-order chi connectivity index (χ1) is 9.24. The molecule has 0 unspecified atom stereocenters. The largest absolute Gasteiger partial charge is 0.493 e. The van der Waals surface area contributed by atoms with Crippen LogP contribution < -0.4 is 4.74 Å². The Morgan fingerprint density at radius 1 is 1.32 bits per heavy atom. The molecule has 0 radical (unpaired) electrons. The lowest BCUT2D eigenvalue weighted by Crippen LogP contribution is -1.99. The summed E-state index contributed by atoms with van der Waals surface area (Å²) >= 11 is 1.72. The van der Waals surface area contributed by atoms with Gasteiger partial charge in [-0.05, 0) is 35.2 Å². The third-order valence-corrected chi connectivity index (χ3v) is 3.41. The van der Waals surface area contributed by atoms with Crippen LogP contribution in [0.15, 0.2) is 47.9 Å². The highest BCUT2D eigenvalue weighted by Crippen LogP contribution is 2.16. The first-order valence-corrected chi connectivity index (χ1v) is 6.78. The van der Waals surface area contributed by atoms with Crippen LogP contribution in [0, 0.1) is 0 Å². The van der Waals surface area contributed by atoms with Crippen LogP contribution >= 0.6 is 11.3 Å². The molecule has 1 N–H and O–H groups in total. The standard InChI is InChI=1S/C15H14O3S/c16-15(17)7-6-12-3-1-4-13(11-12)18-9-8-14-5-2-10-19-14/h1-7,10-11H,8-9H2,(H,16,17). The van der Waals surface area contributed by atoms with Gasteiger partial charge in [-0.3, -0.25) is 0 Å². The van der Waals surface area contributed by atoms with Gasteiger partial charge in [0, 0.05) is 17.4 Å². The molecule has 1 aromatic carbocycles. The van der Waals surface area contributed by atoms with Crippen molar-refractivity contribution in [2.24, 2.45) is 0 Å². The minimum absolute atomic E-state index is 0.618. The number of rotatable bonds is 6. The van der Waals surface area contributed by atoms with Crippen LogP contribution in [-0.4, -0.2) is 17.7 Å². The number of ether oxygens (including phenoxy) is 1. The number of thiophene rings is 1. The molecule has 0 saturated carbocycles. The van der Waals surface area contributed by atoms with E-state index in [1.807, 2.05) is 35.7 Å². The van der Waals surface area contributed by atoms with Crippen LogP contribution in [0.1, 0.15) is 10.4 Å². The zero-order valence-corrected chi connectivity index (χ0v) is 11.1. The monoisotopic (exact) mass is 274 g/mol. The predicted molar refractivity (Wildman–Crippen MR) is 76.6 cm³/mol. The van der Waals surface area contributed by atoms with Crippen molar-refractivity contribution in [3.8, 4) is 5.75 Å². The molecule has 0 atom stereocenters. The third kappa shape index (κ3) is 4.60. The Morgan fingerprint density at radius 3 is 2.95 bits per heavy atom. The van der Waals surface area contributed by atoms with E-state index in [0.29, 0.717) is 6.61 Å². The molecule has 0 amide bonds. The van der Waals surface area contributed by atoms with Gasteiger partial charge < -0.3 is 9.84 Å². The Hall–Kier alpha value is -2.07. The molecule has 0 spiro atoms. The van der Waals surface area contributed by atoms with E-state index in [2.05, 4.69) is 6.07 Å². The first-order valence-electron chi connectivity index (χ1n) is 5.90. The molecule has 0 aliphatic heterocycles. The number of benzene rings is 1. The van der Waals surface area contributed by atoms with E-state index in [0.717, 1.165) is 23.8 Å². The van der Waals surface area contributed by atoms with Gasteiger partial charge in [0.15, 0.2) is 0 Å². The molecule has 0 aliphatic rings. The van der Waals surface area contributed by atoms with Crippen molar-refractivity contribution in [2.75, 3.05) is 6.61 Å². The van der Waals surface area contributed by atoms with Crippen LogP contribution in [0.4, 0.5) is 0 Å². The maximum Gasteiger partial charge on any atom is 0.328 e. The molecule has 3 nitrogen and oxygen atoms in total. The van der Waals surface area contributed by atoms with Crippen molar-refractivity contribution in [3.63, 3.8) is 0 Å².